The SMILES string of the molecule is CC(C)c1nc(C=Cc2cnn(CC(F)F)c2)ncc1C(=O)O. The lowest BCUT2D eigenvalue weighted by Crippen LogP contribution is -2.08. The molecule has 0 aliphatic rings. The van der Waals surface area contributed by atoms with Crippen LogP contribution in [0.1, 0.15) is 47.2 Å². The molecule has 0 aliphatic heterocycles. The molecule has 0 atom stereocenters. The standard InChI is InChI=1S/C15H16F2N4O2/c1-9(2)14-11(15(22)23)6-18-13(20-14)4-3-10-5-19-21(7-10)8-12(16)17/h3-7,9,12H,8H2,1-2H3,(H,22,23). The van der Waals surface area contributed by atoms with E-state index in [4.69, 9.17) is 5.11 Å². The Morgan fingerprint density at radius 2 is 2.09 bits per heavy atom. The van der Waals surface area contributed by atoms with Crippen LogP contribution in [0.25, 0.3) is 12.2 Å². The number of carboxylic acid groups (broad SMARTS) is 1. The molecule has 0 radical (unpaired) electrons. The number of aromatic nitrogens is 4. The minimum absolute atomic E-state index is 0.0648. The summed E-state index contributed by atoms with van der Waals surface area (Å²) in [6.07, 6.45) is 4.96. The molecule has 2 aromatic heterocycles. The molecule has 0 aliphatic carbocycles. The summed E-state index contributed by atoms with van der Waals surface area (Å²) < 4.78 is 25.7. The number of hydrogen-bond acceptors (Lipinski definition) is 4. The third kappa shape index (κ3) is 4.41. The molecule has 0 amide bonds. The van der Waals surface area contributed by atoms with Gasteiger partial charge in [0, 0.05) is 18.0 Å². The fourth-order valence-corrected chi connectivity index (χ4v) is 1.97. The maximum absolute atomic E-state index is 12.3. The zero-order valence-corrected chi connectivity index (χ0v) is 12.6. The Labute approximate surface area is 131 Å². The van der Waals surface area contributed by atoms with Crippen LogP contribution in [0.4, 0.5) is 8.78 Å². The molecule has 0 unspecified atom stereocenters. The molecule has 6 nitrogen and oxygen atoms in total. The molecule has 2 rings (SSSR count). The number of rotatable bonds is 6. The van der Waals surface area contributed by atoms with Gasteiger partial charge in [-0.1, -0.05) is 13.8 Å². The molecule has 0 aromatic carbocycles. The zero-order valence-electron chi connectivity index (χ0n) is 12.6. The van der Waals surface area contributed by atoms with Crippen molar-refractivity contribution in [2.75, 3.05) is 0 Å². The van der Waals surface area contributed by atoms with Gasteiger partial charge >= 0.3 is 5.97 Å². The van der Waals surface area contributed by atoms with Gasteiger partial charge in [0.25, 0.3) is 6.43 Å². The van der Waals surface area contributed by atoms with Crippen molar-refractivity contribution in [1.29, 1.82) is 0 Å². The largest absolute Gasteiger partial charge is 0.478 e. The second kappa shape index (κ2) is 7.08. The molecule has 0 bridgehead atoms. The lowest BCUT2D eigenvalue weighted by molar-refractivity contribution is 0.0694. The van der Waals surface area contributed by atoms with Gasteiger partial charge in [0.15, 0.2) is 5.82 Å². The van der Waals surface area contributed by atoms with E-state index in [0.717, 1.165) is 4.68 Å². The van der Waals surface area contributed by atoms with Crippen LogP contribution in [0.15, 0.2) is 18.6 Å². The second-order valence-corrected chi connectivity index (χ2v) is 5.21. The third-order valence-electron chi connectivity index (χ3n) is 3.02. The number of aromatic carboxylic acids is 1. The fourth-order valence-electron chi connectivity index (χ4n) is 1.97. The van der Waals surface area contributed by atoms with Crippen LogP contribution in [-0.2, 0) is 6.54 Å². The zero-order chi connectivity index (χ0) is 17.0. The van der Waals surface area contributed by atoms with Gasteiger partial charge in [-0.3, -0.25) is 4.68 Å². The van der Waals surface area contributed by atoms with E-state index >= 15 is 0 Å². The Bertz CT molecular complexity index is 726. The molecule has 2 aromatic rings. The van der Waals surface area contributed by atoms with Gasteiger partial charge in [-0.05, 0) is 18.1 Å². The predicted molar refractivity (Wildman–Crippen MR) is 80.2 cm³/mol. The van der Waals surface area contributed by atoms with E-state index in [9.17, 15) is 13.6 Å². The lowest BCUT2D eigenvalue weighted by Gasteiger charge is -2.08. The van der Waals surface area contributed by atoms with Crippen LogP contribution >= 0.6 is 0 Å². The van der Waals surface area contributed by atoms with Gasteiger partial charge in [0.05, 0.1) is 17.5 Å². The van der Waals surface area contributed by atoms with Gasteiger partial charge in [-0.15, -0.1) is 0 Å². The first kappa shape index (κ1) is 16.7. The second-order valence-electron chi connectivity index (χ2n) is 5.21. The Hall–Kier alpha value is -2.64. The van der Waals surface area contributed by atoms with Crippen LogP contribution in [0.3, 0.4) is 0 Å². The number of halogens is 2. The molecule has 0 saturated heterocycles. The Morgan fingerprint density at radius 1 is 1.35 bits per heavy atom. The van der Waals surface area contributed by atoms with E-state index in [1.54, 1.807) is 12.2 Å². The molecular formula is C15H16F2N4O2. The smallest absolute Gasteiger partial charge is 0.339 e. The molecule has 23 heavy (non-hydrogen) atoms. The van der Waals surface area contributed by atoms with Gasteiger partial charge in [0.1, 0.15) is 6.54 Å². The third-order valence-corrected chi connectivity index (χ3v) is 3.02. The van der Waals surface area contributed by atoms with Crippen LogP contribution in [0.5, 0.6) is 0 Å². The van der Waals surface area contributed by atoms with Gasteiger partial charge < -0.3 is 5.11 Å². The van der Waals surface area contributed by atoms with Gasteiger partial charge in [0.2, 0.25) is 0 Å². The highest BCUT2D eigenvalue weighted by molar-refractivity contribution is 5.88. The lowest BCUT2D eigenvalue weighted by atomic mass is 10.1. The minimum Gasteiger partial charge on any atom is -0.478 e. The van der Waals surface area contributed by atoms with E-state index < -0.39 is 18.9 Å². The predicted octanol–water partition coefficient (Wildman–Crippen LogP) is 2.93. The van der Waals surface area contributed by atoms with E-state index in [1.807, 2.05) is 13.8 Å². The highest BCUT2D eigenvalue weighted by atomic mass is 19.3. The van der Waals surface area contributed by atoms with Gasteiger partial charge in [-0.2, -0.15) is 5.10 Å². The Kier molecular flexibility index (Phi) is 5.15. The minimum atomic E-state index is -2.47. The van der Waals surface area contributed by atoms with E-state index in [0.29, 0.717) is 17.1 Å². The van der Waals surface area contributed by atoms with Crippen molar-refractivity contribution in [1.82, 2.24) is 19.7 Å². The maximum atomic E-state index is 12.3. The van der Waals surface area contributed by atoms with Crippen molar-refractivity contribution >= 4 is 18.1 Å². The number of nitrogens with zero attached hydrogens (tertiary/aromatic N) is 4. The quantitative estimate of drug-likeness (QED) is 0.884. The molecule has 8 heteroatoms. The first-order valence-electron chi connectivity index (χ1n) is 6.95. The molecule has 2 heterocycles. The number of alkyl halides is 2. The van der Waals surface area contributed by atoms with Crippen molar-refractivity contribution in [2.45, 2.75) is 32.7 Å². The highest BCUT2D eigenvalue weighted by Gasteiger charge is 2.15. The van der Waals surface area contributed by atoms with Crippen molar-refractivity contribution in [2.24, 2.45) is 0 Å². The summed E-state index contributed by atoms with van der Waals surface area (Å²) in [5, 5.41) is 12.9. The number of carboxylic acids is 1. The van der Waals surface area contributed by atoms with E-state index in [-0.39, 0.29) is 11.5 Å². The summed E-state index contributed by atoms with van der Waals surface area (Å²) in [6.45, 7) is 3.22. The van der Waals surface area contributed by atoms with E-state index in [2.05, 4.69) is 15.1 Å². The average molecular weight is 322 g/mol. The van der Waals surface area contributed by atoms with E-state index in [1.165, 1.54) is 18.6 Å². The molecule has 0 fully saturated rings. The molecule has 1 N–H and O–H groups in total. The topological polar surface area (TPSA) is 80.9 Å². The first-order chi connectivity index (χ1) is 10.9. The van der Waals surface area contributed by atoms with Crippen molar-refractivity contribution in [3.05, 3.63) is 41.2 Å². The molecular weight excluding hydrogens is 306 g/mol. The van der Waals surface area contributed by atoms with Crippen molar-refractivity contribution in [3.63, 3.8) is 0 Å². The maximum Gasteiger partial charge on any atom is 0.339 e. The summed E-state index contributed by atoms with van der Waals surface area (Å²) in [5.41, 5.74) is 1.14. The summed E-state index contributed by atoms with van der Waals surface area (Å²) in [5.74, 6) is -0.789. The Balaban J connectivity index is 2.21. The monoisotopic (exact) mass is 322 g/mol. The average Bonchev–Trinajstić information content (AvgIpc) is 2.91. The van der Waals surface area contributed by atoms with Crippen molar-refractivity contribution in [3.8, 4) is 0 Å². The van der Waals surface area contributed by atoms with Crippen LogP contribution in [-0.4, -0.2) is 37.2 Å². The van der Waals surface area contributed by atoms with Crippen LogP contribution in [0, 0.1) is 0 Å². The summed E-state index contributed by atoms with van der Waals surface area (Å²) in [6, 6.07) is 0. The fraction of sp³-hybridized carbons (Fsp3) is 0.333. The molecule has 122 valence electrons. The first-order valence-corrected chi connectivity index (χ1v) is 6.95. The number of carbonyl (C=O) groups is 1. The van der Waals surface area contributed by atoms with Crippen molar-refractivity contribution < 1.29 is 18.7 Å². The highest BCUT2D eigenvalue weighted by Crippen LogP contribution is 2.17. The normalized spacial score (nSPS) is 11.7. The Morgan fingerprint density at radius 3 is 2.70 bits per heavy atom. The summed E-state index contributed by atoms with van der Waals surface area (Å²) in [4.78, 5) is 19.4. The van der Waals surface area contributed by atoms with Gasteiger partial charge in [-0.25, -0.2) is 23.5 Å². The summed E-state index contributed by atoms with van der Waals surface area (Å²) in [7, 11) is 0. The molecule has 0 spiro atoms. The van der Waals surface area contributed by atoms with Crippen LogP contribution in [0.2, 0.25) is 0 Å². The van der Waals surface area contributed by atoms with Crippen LogP contribution < -0.4 is 0 Å². The number of hydrogen-bond donors (Lipinski definition) is 1. The molecule has 0 saturated carbocycles. The summed E-state index contributed by atoms with van der Waals surface area (Å²) >= 11 is 0.